The van der Waals surface area contributed by atoms with Crippen LogP contribution >= 0.6 is 0 Å². The van der Waals surface area contributed by atoms with Crippen LogP contribution < -0.4 is 0 Å². The molecule has 1 aromatic rings. The molecule has 0 aliphatic carbocycles. The van der Waals surface area contributed by atoms with E-state index in [0.717, 1.165) is 13.0 Å². The fourth-order valence-electron chi connectivity index (χ4n) is 1.91. The molecule has 0 aromatic heterocycles. The van der Waals surface area contributed by atoms with E-state index in [0.29, 0.717) is 0 Å². The molecule has 1 aliphatic heterocycles. The van der Waals surface area contributed by atoms with Gasteiger partial charge in [-0.2, -0.15) is 0 Å². The molecule has 1 heterocycles. The van der Waals surface area contributed by atoms with Crippen molar-refractivity contribution in [1.82, 2.24) is 4.90 Å². The molecular weight excluding hydrogens is 158 g/mol. The second-order valence-corrected chi connectivity index (χ2v) is 3.50. The van der Waals surface area contributed by atoms with Crippen molar-refractivity contribution in [1.29, 1.82) is 0 Å². The Balaban J connectivity index is 2.46. The van der Waals surface area contributed by atoms with E-state index in [2.05, 4.69) is 42.1 Å². The van der Waals surface area contributed by atoms with Crippen LogP contribution in [0.1, 0.15) is 17.2 Å². The van der Waals surface area contributed by atoms with Crippen LogP contribution in [0.25, 0.3) is 0 Å². The fourth-order valence-corrected chi connectivity index (χ4v) is 1.91. The van der Waals surface area contributed by atoms with Gasteiger partial charge in [-0.25, -0.2) is 0 Å². The zero-order valence-corrected chi connectivity index (χ0v) is 7.83. The van der Waals surface area contributed by atoms with E-state index in [1.807, 2.05) is 0 Å². The second kappa shape index (κ2) is 3.24. The first-order valence-electron chi connectivity index (χ1n) is 4.57. The molecule has 1 nitrogen and oxygen atoms in total. The number of hydrogen-bond donors (Lipinski definition) is 0. The van der Waals surface area contributed by atoms with Gasteiger partial charge in [0.2, 0.25) is 0 Å². The maximum absolute atomic E-state index is 5.52. The molecule has 0 N–H and O–H groups in total. The van der Waals surface area contributed by atoms with E-state index < -0.39 is 0 Å². The molecule has 0 amide bonds. The SMILES string of the molecule is C#CC1c2ccccc2CCN1C. The highest BCUT2D eigenvalue weighted by Crippen LogP contribution is 2.27. The minimum atomic E-state index is 0.171. The summed E-state index contributed by atoms with van der Waals surface area (Å²) < 4.78 is 0. The Kier molecular flexibility index (Phi) is 2.08. The molecule has 1 unspecified atom stereocenters. The molecule has 1 aromatic carbocycles. The van der Waals surface area contributed by atoms with Gasteiger partial charge in [0.25, 0.3) is 0 Å². The van der Waals surface area contributed by atoms with Gasteiger partial charge < -0.3 is 0 Å². The molecule has 66 valence electrons. The van der Waals surface area contributed by atoms with Crippen LogP contribution in [0.2, 0.25) is 0 Å². The maximum atomic E-state index is 5.52. The molecule has 13 heavy (non-hydrogen) atoms. The van der Waals surface area contributed by atoms with Crippen LogP contribution in [0.4, 0.5) is 0 Å². The fraction of sp³-hybridized carbons (Fsp3) is 0.333. The minimum absolute atomic E-state index is 0.171. The van der Waals surface area contributed by atoms with Crippen LogP contribution in [0.3, 0.4) is 0 Å². The lowest BCUT2D eigenvalue weighted by Gasteiger charge is -2.30. The third-order valence-electron chi connectivity index (χ3n) is 2.68. The summed E-state index contributed by atoms with van der Waals surface area (Å²) in [6.07, 6.45) is 6.63. The van der Waals surface area contributed by atoms with Crippen molar-refractivity contribution in [3.8, 4) is 12.3 Å². The predicted octanol–water partition coefficient (Wildman–Crippen LogP) is 1.85. The summed E-state index contributed by atoms with van der Waals surface area (Å²) in [7, 11) is 2.08. The molecule has 0 radical (unpaired) electrons. The largest absolute Gasteiger partial charge is 0.289 e. The number of terminal acetylenes is 1. The van der Waals surface area contributed by atoms with Gasteiger partial charge in [-0.1, -0.05) is 30.2 Å². The van der Waals surface area contributed by atoms with Crippen LogP contribution in [0.5, 0.6) is 0 Å². The molecule has 1 heteroatoms. The van der Waals surface area contributed by atoms with Gasteiger partial charge in [0.1, 0.15) is 0 Å². The third-order valence-corrected chi connectivity index (χ3v) is 2.68. The summed E-state index contributed by atoms with van der Waals surface area (Å²) in [4.78, 5) is 2.22. The standard InChI is InChI=1S/C12H13N/c1-3-12-11-7-5-4-6-10(11)8-9-13(12)2/h1,4-7,12H,8-9H2,2H3. The van der Waals surface area contributed by atoms with Gasteiger partial charge in [0.05, 0.1) is 6.04 Å². The van der Waals surface area contributed by atoms with Crippen molar-refractivity contribution in [2.75, 3.05) is 13.6 Å². The first-order valence-corrected chi connectivity index (χ1v) is 4.57. The number of likely N-dealkylation sites (N-methyl/N-ethyl adjacent to an activating group) is 1. The Labute approximate surface area is 79.4 Å². The highest BCUT2D eigenvalue weighted by Gasteiger charge is 2.21. The molecule has 1 aliphatic rings. The van der Waals surface area contributed by atoms with Crippen molar-refractivity contribution in [3.63, 3.8) is 0 Å². The summed E-state index contributed by atoms with van der Waals surface area (Å²) in [5.41, 5.74) is 2.71. The molecule has 0 bridgehead atoms. The number of nitrogens with zero attached hydrogens (tertiary/aromatic N) is 1. The number of fused-ring (bicyclic) bond motifs is 1. The zero-order chi connectivity index (χ0) is 9.26. The smallest absolute Gasteiger partial charge is 0.0968 e. The average molecular weight is 171 g/mol. The molecule has 0 fully saturated rings. The summed E-state index contributed by atoms with van der Waals surface area (Å²) in [5, 5.41) is 0. The van der Waals surface area contributed by atoms with Crippen molar-refractivity contribution < 1.29 is 0 Å². The monoisotopic (exact) mass is 171 g/mol. The second-order valence-electron chi connectivity index (χ2n) is 3.50. The van der Waals surface area contributed by atoms with Crippen molar-refractivity contribution in [2.45, 2.75) is 12.5 Å². The Bertz CT molecular complexity index is 348. The van der Waals surface area contributed by atoms with Crippen molar-refractivity contribution in [2.24, 2.45) is 0 Å². The zero-order valence-electron chi connectivity index (χ0n) is 7.83. The highest BCUT2D eigenvalue weighted by atomic mass is 15.1. The first-order chi connectivity index (χ1) is 6.33. The first kappa shape index (κ1) is 8.34. The minimum Gasteiger partial charge on any atom is -0.289 e. The number of benzene rings is 1. The lowest BCUT2D eigenvalue weighted by Crippen LogP contribution is -2.31. The van der Waals surface area contributed by atoms with Crippen LogP contribution in [-0.2, 0) is 6.42 Å². The van der Waals surface area contributed by atoms with E-state index in [1.165, 1.54) is 11.1 Å². The maximum Gasteiger partial charge on any atom is 0.0968 e. The summed E-state index contributed by atoms with van der Waals surface area (Å²) in [5.74, 6) is 2.84. The Morgan fingerprint density at radius 3 is 3.00 bits per heavy atom. The molecule has 0 spiro atoms. The molecule has 2 rings (SSSR count). The molecule has 1 atom stereocenters. The summed E-state index contributed by atoms with van der Waals surface area (Å²) >= 11 is 0. The summed E-state index contributed by atoms with van der Waals surface area (Å²) in [6, 6.07) is 8.62. The van der Waals surface area contributed by atoms with E-state index in [9.17, 15) is 0 Å². The molecular formula is C12H13N. The quantitative estimate of drug-likeness (QED) is 0.538. The normalized spacial score (nSPS) is 22.0. The topological polar surface area (TPSA) is 3.24 Å². The van der Waals surface area contributed by atoms with E-state index in [4.69, 9.17) is 6.42 Å². The van der Waals surface area contributed by atoms with Crippen LogP contribution in [-0.4, -0.2) is 18.5 Å². The lowest BCUT2D eigenvalue weighted by molar-refractivity contribution is 0.279. The molecule has 0 saturated carbocycles. The van der Waals surface area contributed by atoms with Gasteiger partial charge in [-0.05, 0) is 24.6 Å². The van der Waals surface area contributed by atoms with Gasteiger partial charge in [-0.15, -0.1) is 6.42 Å². The van der Waals surface area contributed by atoms with Gasteiger partial charge >= 0.3 is 0 Å². The molecule has 0 saturated heterocycles. The number of rotatable bonds is 0. The Morgan fingerprint density at radius 2 is 2.23 bits per heavy atom. The number of hydrogen-bond acceptors (Lipinski definition) is 1. The average Bonchev–Trinajstić information content (AvgIpc) is 2.18. The Morgan fingerprint density at radius 1 is 1.46 bits per heavy atom. The van der Waals surface area contributed by atoms with Gasteiger partial charge in [0.15, 0.2) is 0 Å². The van der Waals surface area contributed by atoms with Crippen molar-refractivity contribution >= 4 is 0 Å². The summed E-state index contributed by atoms with van der Waals surface area (Å²) in [6.45, 7) is 1.06. The lowest BCUT2D eigenvalue weighted by atomic mass is 9.94. The van der Waals surface area contributed by atoms with Gasteiger partial charge in [-0.3, -0.25) is 4.90 Å². The van der Waals surface area contributed by atoms with Crippen LogP contribution in [0.15, 0.2) is 24.3 Å². The Hall–Kier alpha value is -1.26. The third kappa shape index (κ3) is 1.34. The van der Waals surface area contributed by atoms with E-state index >= 15 is 0 Å². The van der Waals surface area contributed by atoms with Crippen molar-refractivity contribution in [3.05, 3.63) is 35.4 Å². The van der Waals surface area contributed by atoms with E-state index in [1.54, 1.807) is 0 Å². The van der Waals surface area contributed by atoms with Crippen LogP contribution in [0, 0.1) is 12.3 Å². The highest BCUT2D eigenvalue weighted by molar-refractivity contribution is 5.36. The van der Waals surface area contributed by atoms with Gasteiger partial charge in [0, 0.05) is 6.54 Å². The predicted molar refractivity (Wildman–Crippen MR) is 54.4 cm³/mol. The van der Waals surface area contributed by atoms with E-state index in [-0.39, 0.29) is 6.04 Å².